The molecular weight excluding hydrogens is 332 g/mol. The van der Waals surface area contributed by atoms with Crippen LogP contribution in [0.2, 0.25) is 5.02 Å². The maximum atomic E-state index is 6.33. The van der Waals surface area contributed by atoms with Gasteiger partial charge in [0.25, 0.3) is 0 Å². The highest BCUT2D eigenvalue weighted by Crippen LogP contribution is 2.45. The van der Waals surface area contributed by atoms with E-state index in [1.807, 2.05) is 0 Å². The molecule has 0 bridgehead atoms. The molecule has 2 heterocycles. The van der Waals surface area contributed by atoms with Crippen molar-refractivity contribution in [3.63, 3.8) is 0 Å². The number of benzene rings is 2. The molecule has 0 radical (unpaired) electrons. The number of halogens is 1. The van der Waals surface area contributed by atoms with Crippen molar-refractivity contribution >= 4 is 34.0 Å². The fourth-order valence-corrected chi connectivity index (χ4v) is 2.88. The molecule has 1 aromatic heterocycles. The van der Waals surface area contributed by atoms with E-state index >= 15 is 0 Å². The zero-order valence-corrected chi connectivity index (χ0v) is 13.4. The van der Waals surface area contributed by atoms with Gasteiger partial charge in [0.2, 0.25) is 6.79 Å². The minimum absolute atomic E-state index is 0.121. The van der Waals surface area contributed by atoms with E-state index in [9.17, 15) is 0 Å². The van der Waals surface area contributed by atoms with Crippen LogP contribution in [0.5, 0.6) is 17.2 Å². The summed E-state index contributed by atoms with van der Waals surface area (Å²) in [6.07, 6.45) is 0. The minimum Gasteiger partial charge on any atom is -0.495 e. The number of nitrogens with zero attached hydrogens (tertiary/aromatic N) is 2. The van der Waals surface area contributed by atoms with Crippen molar-refractivity contribution < 1.29 is 14.2 Å². The quantitative estimate of drug-likeness (QED) is 0.688. The topological polar surface area (TPSA) is 106 Å². The summed E-state index contributed by atoms with van der Waals surface area (Å²) < 4.78 is 16.1. The Hall–Kier alpha value is -2.93. The van der Waals surface area contributed by atoms with Gasteiger partial charge in [-0.1, -0.05) is 11.6 Å². The summed E-state index contributed by atoms with van der Waals surface area (Å²) in [7, 11) is 1.54. The van der Waals surface area contributed by atoms with Crippen molar-refractivity contribution in [2.24, 2.45) is 0 Å². The van der Waals surface area contributed by atoms with Gasteiger partial charge in [0.1, 0.15) is 11.6 Å². The maximum Gasteiger partial charge on any atom is 0.231 e. The monoisotopic (exact) mass is 344 g/mol. The summed E-state index contributed by atoms with van der Waals surface area (Å²) in [6.45, 7) is 0.121. The lowest BCUT2D eigenvalue weighted by molar-refractivity contribution is 0.174. The number of fused-ring (bicyclic) bond motifs is 2. The molecule has 1 aliphatic rings. The van der Waals surface area contributed by atoms with Crippen LogP contribution >= 0.6 is 11.6 Å². The lowest BCUT2D eigenvalue weighted by atomic mass is 10.1. The van der Waals surface area contributed by atoms with Gasteiger partial charge in [0.15, 0.2) is 17.3 Å². The molecule has 3 aromatic rings. The second kappa shape index (κ2) is 5.31. The minimum atomic E-state index is 0.121. The van der Waals surface area contributed by atoms with E-state index in [0.29, 0.717) is 50.2 Å². The molecule has 0 spiro atoms. The first-order valence-electron chi connectivity index (χ1n) is 7.07. The fourth-order valence-electron chi connectivity index (χ4n) is 2.64. The Morgan fingerprint density at radius 2 is 2.00 bits per heavy atom. The van der Waals surface area contributed by atoms with Crippen molar-refractivity contribution in [2.75, 3.05) is 25.4 Å². The zero-order valence-electron chi connectivity index (χ0n) is 12.7. The van der Waals surface area contributed by atoms with Crippen LogP contribution in [0.15, 0.2) is 24.3 Å². The molecule has 0 atom stereocenters. The highest BCUT2D eigenvalue weighted by Gasteiger charge is 2.24. The van der Waals surface area contributed by atoms with Crippen LogP contribution in [-0.4, -0.2) is 23.9 Å². The van der Waals surface area contributed by atoms with Crippen LogP contribution in [0.25, 0.3) is 22.3 Å². The SMILES string of the molecule is COc1cc2nc(-c3c(Cl)ccc4c3OCO4)nc(N)c2cc1N. The van der Waals surface area contributed by atoms with Gasteiger partial charge < -0.3 is 25.7 Å². The molecule has 4 rings (SSSR count). The van der Waals surface area contributed by atoms with Crippen LogP contribution in [0.1, 0.15) is 0 Å². The third-order valence-electron chi connectivity index (χ3n) is 3.79. The highest BCUT2D eigenvalue weighted by molar-refractivity contribution is 6.33. The average Bonchev–Trinajstić information content (AvgIpc) is 3.03. The molecule has 7 nitrogen and oxygen atoms in total. The van der Waals surface area contributed by atoms with Gasteiger partial charge in [-0.05, 0) is 18.2 Å². The molecule has 24 heavy (non-hydrogen) atoms. The second-order valence-corrected chi connectivity index (χ2v) is 5.61. The lowest BCUT2D eigenvalue weighted by Gasteiger charge is -2.11. The van der Waals surface area contributed by atoms with E-state index in [2.05, 4.69) is 9.97 Å². The van der Waals surface area contributed by atoms with E-state index in [0.717, 1.165) is 0 Å². The molecule has 122 valence electrons. The van der Waals surface area contributed by atoms with Crippen LogP contribution < -0.4 is 25.7 Å². The van der Waals surface area contributed by atoms with E-state index < -0.39 is 0 Å². The predicted octanol–water partition coefficient (Wildman–Crippen LogP) is 2.85. The van der Waals surface area contributed by atoms with Gasteiger partial charge in [-0.25, -0.2) is 9.97 Å². The molecule has 0 amide bonds. The Kier molecular flexibility index (Phi) is 3.24. The molecule has 0 aliphatic carbocycles. The zero-order chi connectivity index (χ0) is 16.8. The van der Waals surface area contributed by atoms with E-state index in [4.69, 9.17) is 37.3 Å². The van der Waals surface area contributed by atoms with Crippen molar-refractivity contribution in [3.8, 4) is 28.6 Å². The van der Waals surface area contributed by atoms with Gasteiger partial charge in [-0.15, -0.1) is 0 Å². The Morgan fingerprint density at radius 1 is 1.17 bits per heavy atom. The molecule has 0 unspecified atom stereocenters. The number of nitrogens with two attached hydrogens (primary N) is 2. The largest absolute Gasteiger partial charge is 0.495 e. The molecule has 1 aliphatic heterocycles. The van der Waals surface area contributed by atoms with Crippen LogP contribution in [-0.2, 0) is 0 Å². The first-order valence-corrected chi connectivity index (χ1v) is 7.45. The van der Waals surface area contributed by atoms with E-state index in [-0.39, 0.29) is 12.6 Å². The van der Waals surface area contributed by atoms with Gasteiger partial charge in [-0.3, -0.25) is 0 Å². The smallest absolute Gasteiger partial charge is 0.231 e. The van der Waals surface area contributed by atoms with Crippen molar-refractivity contribution in [1.29, 1.82) is 0 Å². The molecule has 0 fully saturated rings. The van der Waals surface area contributed by atoms with Gasteiger partial charge >= 0.3 is 0 Å². The number of anilines is 2. The Bertz CT molecular complexity index is 977. The van der Waals surface area contributed by atoms with Gasteiger partial charge in [-0.2, -0.15) is 0 Å². The van der Waals surface area contributed by atoms with Crippen molar-refractivity contribution in [2.45, 2.75) is 0 Å². The maximum absolute atomic E-state index is 6.33. The van der Waals surface area contributed by atoms with Gasteiger partial charge in [0, 0.05) is 11.5 Å². The summed E-state index contributed by atoms with van der Waals surface area (Å²) >= 11 is 6.33. The number of hydrogen-bond acceptors (Lipinski definition) is 7. The van der Waals surface area contributed by atoms with E-state index in [1.165, 1.54) is 7.11 Å². The molecule has 0 saturated heterocycles. The summed E-state index contributed by atoms with van der Waals surface area (Å²) in [5.41, 5.74) is 13.6. The highest BCUT2D eigenvalue weighted by atomic mass is 35.5. The summed E-state index contributed by atoms with van der Waals surface area (Å²) in [6, 6.07) is 6.84. The van der Waals surface area contributed by atoms with Crippen molar-refractivity contribution in [1.82, 2.24) is 9.97 Å². The van der Waals surface area contributed by atoms with Crippen LogP contribution in [0.4, 0.5) is 11.5 Å². The molecular formula is C16H13ClN4O3. The average molecular weight is 345 g/mol. The fraction of sp³-hybridized carbons (Fsp3) is 0.125. The number of hydrogen-bond donors (Lipinski definition) is 2. The van der Waals surface area contributed by atoms with Crippen LogP contribution in [0.3, 0.4) is 0 Å². The normalized spacial score (nSPS) is 12.6. The number of nitrogen functional groups attached to an aromatic ring is 2. The second-order valence-electron chi connectivity index (χ2n) is 5.20. The first-order chi connectivity index (χ1) is 11.6. The van der Waals surface area contributed by atoms with E-state index in [1.54, 1.807) is 24.3 Å². The van der Waals surface area contributed by atoms with Gasteiger partial charge in [0.05, 0.1) is 28.9 Å². The Morgan fingerprint density at radius 3 is 2.79 bits per heavy atom. The standard InChI is InChI=1S/C16H13ClN4O3/c1-22-12-5-10-7(4-9(12)18)15(19)21-16(20-10)13-8(17)2-3-11-14(13)24-6-23-11/h2-5H,6,18H2,1H3,(H2,19,20,21). The van der Waals surface area contributed by atoms with Crippen LogP contribution in [0, 0.1) is 0 Å². The molecule has 4 N–H and O–H groups in total. The molecule has 8 heteroatoms. The summed E-state index contributed by atoms with van der Waals surface area (Å²) in [5, 5.41) is 1.08. The number of ether oxygens (including phenoxy) is 3. The summed E-state index contributed by atoms with van der Waals surface area (Å²) in [4.78, 5) is 8.90. The number of aromatic nitrogens is 2. The molecule has 0 saturated carbocycles. The third-order valence-corrected chi connectivity index (χ3v) is 4.10. The Balaban J connectivity index is 1.99. The van der Waals surface area contributed by atoms with Crippen molar-refractivity contribution in [3.05, 3.63) is 29.3 Å². The molecule has 2 aromatic carbocycles. The Labute approximate surface area is 142 Å². The first kappa shape index (κ1) is 14.6. The summed E-state index contributed by atoms with van der Waals surface area (Å²) in [5.74, 6) is 2.24. The number of methoxy groups -OCH3 is 1. The number of rotatable bonds is 2. The lowest BCUT2D eigenvalue weighted by Crippen LogP contribution is -2.01. The third kappa shape index (κ3) is 2.13. The predicted molar refractivity (Wildman–Crippen MR) is 91.5 cm³/mol.